The molecule has 0 bridgehead atoms. The number of allylic oxidation sites excluding steroid dienone is 1. The van der Waals surface area contributed by atoms with Gasteiger partial charge in [0.2, 0.25) is 0 Å². The van der Waals surface area contributed by atoms with Crippen LogP contribution in [-0.2, 0) is 20.9 Å². The Labute approximate surface area is 151 Å². The summed E-state index contributed by atoms with van der Waals surface area (Å²) in [5, 5.41) is 1.93. The normalized spacial score (nSPS) is 16.0. The summed E-state index contributed by atoms with van der Waals surface area (Å²) < 4.78 is 4.90. The SMILES string of the molecule is COC(=O)C1=C(C)N(Cc2ccc(C)cc2)C(=O)/C1=C\c1cccs1. The first-order valence-corrected chi connectivity index (χ1v) is 8.81. The summed E-state index contributed by atoms with van der Waals surface area (Å²) in [6.45, 7) is 4.23. The number of aryl methyl sites for hydroxylation is 1. The number of amides is 1. The molecule has 3 rings (SSSR count). The van der Waals surface area contributed by atoms with Gasteiger partial charge in [0.05, 0.1) is 24.8 Å². The van der Waals surface area contributed by atoms with E-state index in [4.69, 9.17) is 4.74 Å². The van der Waals surface area contributed by atoms with E-state index in [1.165, 1.54) is 18.4 Å². The summed E-state index contributed by atoms with van der Waals surface area (Å²) >= 11 is 1.52. The summed E-state index contributed by atoms with van der Waals surface area (Å²) in [6, 6.07) is 11.8. The predicted molar refractivity (Wildman–Crippen MR) is 98.7 cm³/mol. The van der Waals surface area contributed by atoms with Gasteiger partial charge in [0.15, 0.2) is 0 Å². The average molecular weight is 353 g/mol. The zero-order chi connectivity index (χ0) is 18.0. The topological polar surface area (TPSA) is 46.6 Å². The lowest BCUT2D eigenvalue weighted by Gasteiger charge is -2.18. The third-order valence-corrected chi connectivity index (χ3v) is 5.01. The third-order valence-electron chi connectivity index (χ3n) is 4.19. The molecule has 0 radical (unpaired) electrons. The van der Waals surface area contributed by atoms with Crippen molar-refractivity contribution in [3.8, 4) is 0 Å². The van der Waals surface area contributed by atoms with E-state index < -0.39 is 5.97 Å². The van der Waals surface area contributed by atoms with Gasteiger partial charge in [-0.3, -0.25) is 4.79 Å². The van der Waals surface area contributed by atoms with Gasteiger partial charge in [-0.15, -0.1) is 11.3 Å². The van der Waals surface area contributed by atoms with Crippen molar-refractivity contribution in [3.05, 3.63) is 74.6 Å². The lowest BCUT2D eigenvalue weighted by atomic mass is 10.1. The zero-order valence-electron chi connectivity index (χ0n) is 14.4. The Morgan fingerprint density at radius 2 is 1.92 bits per heavy atom. The number of carbonyl (C=O) groups is 2. The molecule has 0 N–H and O–H groups in total. The Bertz CT molecular complexity index is 861. The molecule has 1 aromatic carbocycles. The molecule has 5 heteroatoms. The molecule has 1 amide bonds. The number of rotatable bonds is 4. The number of methoxy groups -OCH3 is 1. The molecule has 0 saturated heterocycles. The first kappa shape index (κ1) is 17.2. The van der Waals surface area contributed by atoms with Gasteiger partial charge in [0, 0.05) is 10.6 Å². The fourth-order valence-electron chi connectivity index (χ4n) is 2.81. The number of ether oxygens (including phenoxy) is 1. The molecule has 25 heavy (non-hydrogen) atoms. The monoisotopic (exact) mass is 353 g/mol. The van der Waals surface area contributed by atoms with Crippen LogP contribution in [0.1, 0.15) is 22.9 Å². The highest BCUT2D eigenvalue weighted by Gasteiger charge is 2.36. The fourth-order valence-corrected chi connectivity index (χ4v) is 3.47. The highest BCUT2D eigenvalue weighted by atomic mass is 32.1. The molecule has 4 nitrogen and oxygen atoms in total. The van der Waals surface area contributed by atoms with E-state index >= 15 is 0 Å². The number of nitrogens with zero attached hydrogens (tertiary/aromatic N) is 1. The maximum atomic E-state index is 13.0. The van der Waals surface area contributed by atoms with Crippen molar-refractivity contribution >= 4 is 29.3 Å². The van der Waals surface area contributed by atoms with Crippen LogP contribution < -0.4 is 0 Å². The molecular formula is C20H19NO3S. The lowest BCUT2D eigenvalue weighted by Crippen LogP contribution is -2.24. The fraction of sp³-hybridized carbons (Fsp3) is 0.200. The molecule has 0 fully saturated rings. The van der Waals surface area contributed by atoms with E-state index in [0.717, 1.165) is 16.0 Å². The van der Waals surface area contributed by atoms with Gasteiger partial charge >= 0.3 is 5.97 Å². The molecule has 0 unspecified atom stereocenters. The van der Waals surface area contributed by atoms with E-state index in [1.54, 1.807) is 17.9 Å². The molecule has 1 aliphatic rings. The number of hydrogen-bond acceptors (Lipinski definition) is 4. The first-order valence-electron chi connectivity index (χ1n) is 7.93. The quantitative estimate of drug-likeness (QED) is 0.618. The number of carbonyl (C=O) groups excluding carboxylic acids is 2. The van der Waals surface area contributed by atoms with Crippen LogP contribution in [0.25, 0.3) is 6.08 Å². The Kier molecular flexibility index (Phi) is 4.86. The highest BCUT2D eigenvalue weighted by Crippen LogP contribution is 2.33. The van der Waals surface area contributed by atoms with Gasteiger partial charge in [-0.2, -0.15) is 0 Å². The maximum absolute atomic E-state index is 13.0. The van der Waals surface area contributed by atoms with Crippen molar-refractivity contribution in [1.82, 2.24) is 4.90 Å². The number of esters is 1. The van der Waals surface area contributed by atoms with Gasteiger partial charge in [-0.05, 0) is 36.9 Å². The molecule has 0 atom stereocenters. The zero-order valence-corrected chi connectivity index (χ0v) is 15.2. The minimum Gasteiger partial charge on any atom is -0.465 e. The molecular weight excluding hydrogens is 334 g/mol. The van der Waals surface area contributed by atoms with Gasteiger partial charge in [-0.1, -0.05) is 35.9 Å². The van der Waals surface area contributed by atoms with Crippen LogP contribution in [0.2, 0.25) is 0 Å². The summed E-state index contributed by atoms with van der Waals surface area (Å²) in [5.41, 5.74) is 3.53. The second-order valence-electron chi connectivity index (χ2n) is 5.90. The van der Waals surface area contributed by atoms with Crippen LogP contribution >= 0.6 is 11.3 Å². The van der Waals surface area contributed by atoms with Gasteiger partial charge in [0.25, 0.3) is 5.91 Å². The highest BCUT2D eigenvalue weighted by molar-refractivity contribution is 7.10. The van der Waals surface area contributed by atoms with Crippen molar-refractivity contribution in [2.24, 2.45) is 0 Å². The Morgan fingerprint density at radius 3 is 2.52 bits per heavy atom. The summed E-state index contributed by atoms with van der Waals surface area (Å²) in [5.74, 6) is -0.660. The molecule has 128 valence electrons. The molecule has 1 aromatic heterocycles. The van der Waals surface area contributed by atoms with Crippen LogP contribution in [0.15, 0.2) is 58.6 Å². The molecule has 0 saturated carbocycles. The minimum absolute atomic E-state index is 0.174. The third kappa shape index (κ3) is 3.42. The Hall–Kier alpha value is -2.66. The van der Waals surface area contributed by atoms with Gasteiger partial charge in [-0.25, -0.2) is 4.79 Å². The summed E-state index contributed by atoms with van der Waals surface area (Å²) in [7, 11) is 1.33. The van der Waals surface area contributed by atoms with E-state index in [0.29, 0.717) is 23.4 Å². The van der Waals surface area contributed by atoms with Crippen LogP contribution in [0.5, 0.6) is 0 Å². The number of hydrogen-bond donors (Lipinski definition) is 0. The average Bonchev–Trinajstić information content (AvgIpc) is 3.19. The maximum Gasteiger partial charge on any atom is 0.340 e. The first-order chi connectivity index (χ1) is 12.0. The van der Waals surface area contributed by atoms with E-state index in [2.05, 4.69) is 0 Å². The second kappa shape index (κ2) is 7.07. The molecule has 0 spiro atoms. The predicted octanol–water partition coefficient (Wildman–Crippen LogP) is 3.93. The van der Waals surface area contributed by atoms with E-state index in [9.17, 15) is 9.59 Å². The Balaban J connectivity index is 1.99. The molecule has 1 aliphatic heterocycles. The molecule has 2 heterocycles. The van der Waals surface area contributed by atoms with Crippen molar-refractivity contribution in [2.45, 2.75) is 20.4 Å². The smallest absolute Gasteiger partial charge is 0.340 e. The van der Waals surface area contributed by atoms with Crippen molar-refractivity contribution in [2.75, 3.05) is 7.11 Å². The molecule has 2 aromatic rings. The van der Waals surface area contributed by atoms with Crippen LogP contribution in [-0.4, -0.2) is 23.9 Å². The number of thiophene rings is 1. The summed E-state index contributed by atoms with van der Waals surface area (Å²) in [6.07, 6.45) is 1.76. The lowest BCUT2D eigenvalue weighted by molar-refractivity contribution is -0.136. The minimum atomic E-state index is -0.486. The van der Waals surface area contributed by atoms with E-state index in [-0.39, 0.29) is 5.91 Å². The van der Waals surface area contributed by atoms with Gasteiger partial charge < -0.3 is 9.64 Å². The van der Waals surface area contributed by atoms with Crippen LogP contribution in [0.3, 0.4) is 0 Å². The van der Waals surface area contributed by atoms with Crippen molar-refractivity contribution in [3.63, 3.8) is 0 Å². The van der Waals surface area contributed by atoms with Crippen LogP contribution in [0.4, 0.5) is 0 Å². The standard InChI is InChI=1S/C20H19NO3S/c1-13-6-8-15(9-7-13)12-21-14(2)18(20(23)24-3)17(19(21)22)11-16-5-4-10-25-16/h4-11H,12H2,1-3H3/b17-11-. The summed E-state index contributed by atoms with van der Waals surface area (Å²) in [4.78, 5) is 27.8. The van der Waals surface area contributed by atoms with Crippen molar-refractivity contribution < 1.29 is 14.3 Å². The van der Waals surface area contributed by atoms with Crippen molar-refractivity contribution in [1.29, 1.82) is 0 Å². The van der Waals surface area contributed by atoms with Gasteiger partial charge in [0.1, 0.15) is 0 Å². The Morgan fingerprint density at radius 1 is 1.20 bits per heavy atom. The largest absolute Gasteiger partial charge is 0.465 e. The van der Waals surface area contributed by atoms with Crippen LogP contribution in [0, 0.1) is 6.92 Å². The second-order valence-corrected chi connectivity index (χ2v) is 6.88. The van der Waals surface area contributed by atoms with E-state index in [1.807, 2.05) is 48.7 Å². The number of benzene rings is 1. The molecule has 0 aliphatic carbocycles.